The van der Waals surface area contributed by atoms with Crippen molar-refractivity contribution < 1.29 is 9.32 Å². The van der Waals surface area contributed by atoms with E-state index in [4.69, 9.17) is 4.52 Å². The van der Waals surface area contributed by atoms with Gasteiger partial charge >= 0.3 is 0 Å². The number of carbonyl (C=O) groups is 1. The molecule has 1 amide bonds. The van der Waals surface area contributed by atoms with Crippen molar-refractivity contribution in [1.82, 2.24) is 20.1 Å². The van der Waals surface area contributed by atoms with E-state index in [1.54, 1.807) is 18.5 Å². The van der Waals surface area contributed by atoms with Gasteiger partial charge in [0, 0.05) is 41.7 Å². The van der Waals surface area contributed by atoms with Crippen LogP contribution in [-0.2, 0) is 11.2 Å². The number of aromatic nitrogens is 4. The first-order valence-electron chi connectivity index (χ1n) is 9.56. The third kappa shape index (κ3) is 4.44. The Kier molecular flexibility index (Phi) is 5.67. The third-order valence-corrected chi connectivity index (χ3v) is 5.58. The maximum absolute atomic E-state index is 12.3. The van der Waals surface area contributed by atoms with E-state index in [0.717, 1.165) is 16.8 Å². The standard InChI is InChI=1S/C22H21N5O2S/c1-13-9-15(3)17(10-14(13)2)18-12-30-22(24-18)25-19(28)6-7-20-26-21(27-29-20)16-5-4-8-23-11-16/h4-5,8-12H,6-7H2,1-3H3,(H,24,25,28). The maximum Gasteiger partial charge on any atom is 0.227 e. The summed E-state index contributed by atoms with van der Waals surface area (Å²) in [5.41, 5.74) is 6.38. The van der Waals surface area contributed by atoms with Crippen LogP contribution in [0.25, 0.3) is 22.6 Å². The van der Waals surface area contributed by atoms with E-state index in [9.17, 15) is 4.79 Å². The molecule has 7 nitrogen and oxygen atoms in total. The Hall–Kier alpha value is -3.39. The van der Waals surface area contributed by atoms with Crippen molar-refractivity contribution in [2.45, 2.75) is 33.6 Å². The fraction of sp³-hybridized carbons (Fsp3) is 0.227. The number of nitrogens with zero attached hydrogens (tertiary/aromatic N) is 4. The molecule has 1 aromatic carbocycles. The second-order valence-electron chi connectivity index (χ2n) is 7.09. The number of pyridine rings is 1. The quantitative estimate of drug-likeness (QED) is 0.485. The molecule has 3 aromatic heterocycles. The largest absolute Gasteiger partial charge is 0.339 e. The van der Waals surface area contributed by atoms with Gasteiger partial charge in [-0.2, -0.15) is 4.98 Å². The highest BCUT2D eigenvalue weighted by atomic mass is 32.1. The van der Waals surface area contributed by atoms with Crippen LogP contribution in [0, 0.1) is 20.8 Å². The van der Waals surface area contributed by atoms with Gasteiger partial charge in [0.15, 0.2) is 5.13 Å². The smallest absolute Gasteiger partial charge is 0.227 e. The van der Waals surface area contributed by atoms with Crippen LogP contribution in [0.15, 0.2) is 46.6 Å². The van der Waals surface area contributed by atoms with Crippen LogP contribution in [0.2, 0.25) is 0 Å². The maximum atomic E-state index is 12.3. The average molecular weight is 420 g/mol. The fourth-order valence-corrected chi connectivity index (χ4v) is 3.79. The van der Waals surface area contributed by atoms with Crippen molar-refractivity contribution in [2.24, 2.45) is 0 Å². The first kappa shape index (κ1) is 19.9. The van der Waals surface area contributed by atoms with Gasteiger partial charge in [0.1, 0.15) is 0 Å². The molecule has 8 heteroatoms. The highest BCUT2D eigenvalue weighted by molar-refractivity contribution is 7.14. The van der Waals surface area contributed by atoms with Crippen molar-refractivity contribution >= 4 is 22.4 Å². The molecular formula is C22H21N5O2S. The molecule has 0 radical (unpaired) electrons. The predicted octanol–water partition coefficient (Wildman–Crippen LogP) is 4.75. The Morgan fingerprint density at radius 1 is 1.13 bits per heavy atom. The Morgan fingerprint density at radius 2 is 1.97 bits per heavy atom. The lowest BCUT2D eigenvalue weighted by Crippen LogP contribution is -2.12. The molecule has 0 saturated carbocycles. The molecule has 0 aliphatic carbocycles. The van der Waals surface area contributed by atoms with Crippen molar-refractivity contribution in [3.8, 4) is 22.6 Å². The summed E-state index contributed by atoms with van der Waals surface area (Å²) in [6.45, 7) is 6.26. The van der Waals surface area contributed by atoms with E-state index in [0.29, 0.717) is 23.3 Å². The van der Waals surface area contributed by atoms with Gasteiger partial charge in [-0.1, -0.05) is 11.2 Å². The van der Waals surface area contributed by atoms with Crippen LogP contribution in [0.5, 0.6) is 0 Å². The minimum Gasteiger partial charge on any atom is -0.339 e. The zero-order valence-electron chi connectivity index (χ0n) is 17.0. The summed E-state index contributed by atoms with van der Waals surface area (Å²) in [6, 6.07) is 7.96. The zero-order chi connectivity index (χ0) is 21.1. The Morgan fingerprint density at radius 3 is 2.77 bits per heavy atom. The van der Waals surface area contributed by atoms with E-state index < -0.39 is 0 Å². The molecule has 0 aliphatic heterocycles. The van der Waals surface area contributed by atoms with Crippen molar-refractivity contribution in [1.29, 1.82) is 0 Å². The topological polar surface area (TPSA) is 93.8 Å². The first-order chi connectivity index (χ1) is 14.5. The number of anilines is 1. The van der Waals surface area contributed by atoms with Crippen molar-refractivity contribution in [3.05, 3.63) is 64.6 Å². The van der Waals surface area contributed by atoms with Gasteiger partial charge in [-0.05, 0) is 55.7 Å². The molecule has 0 saturated heterocycles. The van der Waals surface area contributed by atoms with Gasteiger partial charge in [-0.3, -0.25) is 9.78 Å². The molecule has 4 rings (SSSR count). The van der Waals surface area contributed by atoms with Crippen LogP contribution in [-0.4, -0.2) is 26.0 Å². The van der Waals surface area contributed by atoms with Gasteiger partial charge in [-0.25, -0.2) is 4.98 Å². The van der Waals surface area contributed by atoms with Crippen LogP contribution in [0.3, 0.4) is 0 Å². The summed E-state index contributed by atoms with van der Waals surface area (Å²) in [4.78, 5) is 25.3. The van der Waals surface area contributed by atoms with Gasteiger partial charge in [0.2, 0.25) is 17.6 Å². The van der Waals surface area contributed by atoms with Crippen LogP contribution < -0.4 is 5.32 Å². The number of nitrogens with one attached hydrogen (secondary N) is 1. The summed E-state index contributed by atoms with van der Waals surface area (Å²) in [6.07, 6.45) is 3.93. The highest BCUT2D eigenvalue weighted by Crippen LogP contribution is 2.29. The normalized spacial score (nSPS) is 10.9. The molecule has 30 heavy (non-hydrogen) atoms. The SMILES string of the molecule is Cc1cc(C)c(-c2csc(NC(=O)CCc3nc(-c4cccnc4)no3)n2)cc1C. The fourth-order valence-electron chi connectivity index (χ4n) is 3.06. The molecule has 4 aromatic rings. The highest BCUT2D eigenvalue weighted by Gasteiger charge is 2.13. The van der Waals surface area contributed by atoms with Crippen LogP contribution in [0.1, 0.15) is 29.0 Å². The lowest BCUT2D eigenvalue weighted by molar-refractivity contribution is -0.116. The van der Waals surface area contributed by atoms with Gasteiger partial charge in [0.25, 0.3) is 0 Å². The first-order valence-corrected chi connectivity index (χ1v) is 10.4. The molecule has 0 atom stereocenters. The summed E-state index contributed by atoms with van der Waals surface area (Å²) in [5.74, 6) is 0.732. The van der Waals surface area contributed by atoms with E-state index in [-0.39, 0.29) is 12.3 Å². The third-order valence-electron chi connectivity index (χ3n) is 4.82. The van der Waals surface area contributed by atoms with Gasteiger partial charge < -0.3 is 9.84 Å². The number of hydrogen-bond donors (Lipinski definition) is 1. The summed E-state index contributed by atoms with van der Waals surface area (Å²) < 4.78 is 5.23. The Bertz CT molecular complexity index is 1180. The van der Waals surface area contributed by atoms with Crippen molar-refractivity contribution in [2.75, 3.05) is 5.32 Å². The number of rotatable bonds is 6. The second kappa shape index (κ2) is 8.54. The lowest BCUT2D eigenvalue weighted by Gasteiger charge is -2.07. The molecule has 3 heterocycles. The van der Waals surface area contributed by atoms with E-state index >= 15 is 0 Å². The number of aryl methyl sites for hydroxylation is 4. The Balaban J connectivity index is 1.36. The number of benzene rings is 1. The molecule has 1 N–H and O–H groups in total. The molecule has 0 fully saturated rings. The van der Waals surface area contributed by atoms with Gasteiger partial charge in [0.05, 0.1) is 5.69 Å². The van der Waals surface area contributed by atoms with E-state index in [2.05, 4.69) is 58.3 Å². The number of thiazole rings is 1. The number of carbonyl (C=O) groups excluding carboxylic acids is 1. The monoisotopic (exact) mass is 419 g/mol. The number of amides is 1. The molecular weight excluding hydrogens is 398 g/mol. The molecule has 0 unspecified atom stereocenters. The lowest BCUT2D eigenvalue weighted by atomic mass is 9.99. The van der Waals surface area contributed by atoms with E-state index in [1.165, 1.54) is 28.0 Å². The molecule has 152 valence electrons. The van der Waals surface area contributed by atoms with Crippen LogP contribution in [0.4, 0.5) is 5.13 Å². The molecule has 0 spiro atoms. The second-order valence-corrected chi connectivity index (χ2v) is 7.95. The summed E-state index contributed by atoms with van der Waals surface area (Å²) in [5, 5.41) is 9.33. The Labute approximate surface area is 178 Å². The zero-order valence-corrected chi connectivity index (χ0v) is 17.8. The summed E-state index contributed by atoms with van der Waals surface area (Å²) in [7, 11) is 0. The molecule has 0 bridgehead atoms. The summed E-state index contributed by atoms with van der Waals surface area (Å²) >= 11 is 1.41. The molecule has 0 aliphatic rings. The van der Waals surface area contributed by atoms with E-state index in [1.807, 2.05) is 11.4 Å². The van der Waals surface area contributed by atoms with Crippen molar-refractivity contribution in [3.63, 3.8) is 0 Å². The average Bonchev–Trinajstić information content (AvgIpc) is 3.40. The van der Waals surface area contributed by atoms with Crippen LogP contribution >= 0.6 is 11.3 Å². The number of hydrogen-bond acceptors (Lipinski definition) is 7. The minimum absolute atomic E-state index is 0.145. The minimum atomic E-state index is -0.145. The predicted molar refractivity (Wildman–Crippen MR) is 116 cm³/mol. The van der Waals surface area contributed by atoms with Gasteiger partial charge in [-0.15, -0.1) is 11.3 Å².